The molecule has 0 aromatic carbocycles. The third kappa shape index (κ3) is 2.91. The van der Waals surface area contributed by atoms with Crippen LogP contribution in [-0.2, 0) is 18.4 Å². The first kappa shape index (κ1) is 18.7. The predicted octanol–water partition coefficient (Wildman–Crippen LogP) is 1.48. The number of piperidine rings is 1. The number of carbonyl (C=O) groups excluding carboxylic acids is 1. The van der Waals surface area contributed by atoms with Gasteiger partial charge >= 0.3 is 0 Å². The van der Waals surface area contributed by atoms with Crippen LogP contribution in [0.5, 0.6) is 0 Å². The number of aryl methyl sites for hydroxylation is 2. The topological polar surface area (TPSA) is 87.1 Å². The average Bonchev–Trinajstić information content (AvgIpc) is 3.22. The first-order valence-electron chi connectivity index (χ1n) is 9.99. The number of nitrogens with one attached hydrogen (secondary N) is 1. The third-order valence-electron chi connectivity index (χ3n) is 6.07. The molecule has 0 radical (unpaired) electrons. The highest BCUT2D eigenvalue weighted by Gasteiger charge is 2.46. The quantitative estimate of drug-likeness (QED) is 0.866. The summed E-state index contributed by atoms with van der Waals surface area (Å²) in [6.45, 7) is 5.91. The number of nitrogens with zero attached hydrogens (tertiary/aromatic N) is 5. The monoisotopic (exact) mass is 384 g/mol. The third-order valence-corrected chi connectivity index (χ3v) is 6.07. The Kier molecular flexibility index (Phi) is 4.51. The SMILES string of the molecule is CCn1nc(C)cc1C(=O)N1CCCC2(CCc3c2nc(N(C)C)[nH]c3=O)C1. The van der Waals surface area contributed by atoms with Crippen LogP contribution in [0.3, 0.4) is 0 Å². The molecule has 1 N–H and O–H groups in total. The van der Waals surface area contributed by atoms with Gasteiger partial charge in [-0.3, -0.25) is 19.3 Å². The maximum atomic E-state index is 13.3. The van der Waals surface area contributed by atoms with E-state index in [2.05, 4.69) is 10.1 Å². The van der Waals surface area contributed by atoms with Crippen LogP contribution >= 0.6 is 0 Å². The van der Waals surface area contributed by atoms with Crippen LogP contribution in [0.1, 0.15) is 53.6 Å². The molecule has 2 aromatic rings. The van der Waals surface area contributed by atoms with E-state index in [4.69, 9.17) is 4.98 Å². The molecule has 8 heteroatoms. The van der Waals surface area contributed by atoms with Gasteiger partial charge in [0.05, 0.1) is 11.4 Å². The summed E-state index contributed by atoms with van der Waals surface area (Å²) in [4.78, 5) is 37.3. The van der Waals surface area contributed by atoms with E-state index in [1.165, 1.54) is 0 Å². The Bertz CT molecular complexity index is 976. The van der Waals surface area contributed by atoms with E-state index < -0.39 is 0 Å². The Morgan fingerprint density at radius 2 is 2.14 bits per heavy atom. The highest BCUT2D eigenvalue weighted by atomic mass is 16.2. The van der Waals surface area contributed by atoms with Gasteiger partial charge in [0, 0.05) is 44.7 Å². The maximum absolute atomic E-state index is 13.3. The average molecular weight is 384 g/mol. The molecule has 0 bridgehead atoms. The van der Waals surface area contributed by atoms with Crippen LogP contribution in [0.4, 0.5) is 5.95 Å². The molecule has 2 aliphatic rings. The minimum absolute atomic E-state index is 0.0210. The van der Waals surface area contributed by atoms with E-state index in [1.807, 2.05) is 43.8 Å². The molecule has 1 fully saturated rings. The molecule has 3 heterocycles. The molecule has 150 valence electrons. The molecule has 0 saturated carbocycles. The van der Waals surface area contributed by atoms with Crippen LogP contribution < -0.4 is 10.5 Å². The first-order chi connectivity index (χ1) is 13.3. The summed E-state index contributed by atoms with van der Waals surface area (Å²) in [5.74, 6) is 0.598. The molecule has 8 nitrogen and oxygen atoms in total. The van der Waals surface area contributed by atoms with Crippen LogP contribution in [0, 0.1) is 6.92 Å². The number of hydrogen-bond donors (Lipinski definition) is 1. The molecule has 2 aromatic heterocycles. The standard InChI is InChI=1S/C20H28N6O2/c1-5-26-15(11-13(2)23-26)18(28)25-10-6-8-20(12-25)9-7-14-16(20)21-19(24(3)4)22-17(14)27/h11H,5-10,12H2,1-4H3,(H,21,22,27). The van der Waals surface area contributed by atoms with Crippen LogP contribution in [0.2, 0.25) is 0 Å². The summed E-state index contributed by atoms with van der Waals surface area (Å²) in [6.07, 6.45) is 3.46. The lowest BCUT2D eigenvalue weighted by atomic mass is 9.77. The number of amides is 1. The summed E-state index contributed by atoms with van der Waals surface area (Å²) in [7, 11) is 3.74. The molecule has 1 amide bonds. The predicted molar refractivity (Wildman–Crippen MR) is 107 cm³/mol. The van der Waals surface area contributed by atoms with Crippen molar-refractivity contribution in [2.24, 2.45) is 0 Å². The Morgan fingerprint density at radius 1 is 1.36 bits per heavy atom. The van der Waals surface area contributed by atoms with E-state index in [0.717, 1.165) is 49.2 Å². The number of aromatic nitrogens is 4. The summed E-state index contributed by atoms with van der Waals surface area (Å²) in [5, 5.41) is 4.42. The van der Waals surface area contributed by atoms with E-state index >= 15 is 0 Å². The van der Waals surface area contributed by atoms with Gasteiger partial charge in [0.1, 0.15) is 5.69 Å². The zero-order chi connectivity index (χ0) is 20.1. The Balaban J connectivity index is 1.69. The zero-order valence-electron chi connectivity index (χ0n) is 17.1. The summed E-state index contributed by atoms with van der Waals surface area (Å²) in [6, 6.07) is 1.86. The fraction of sp³-hybridized carbons (Fsp3) is 0.600. The molecular weight excluding hydrogens is 356 g/mol. The fourth-order valence-corrected chi connectivity index (χ4v) is 4.67. The van der Waals surface area contributed by atoms with Gasteiger partial charge in [-0.1, -0.05) is 0 Å². The van der Waals surface area contributed by atoms with Crippen LogP contribution in [0.15, 0.2) is 10.9 Å². The first-order valence-corrected chi connectivity index (χ1v) is 9.99. The Hall–Kier alpha value is -2.64. The second kappa shape index (κ2) is 6.76. The normalized spacial score (nSPS) is 21.2. The molecule has 1 spiro atoms. The van der Waals surface area contributed by atoms with Gasteiger partial charge in [-0.25, -0.2) is 4.98 Å². The van der Waals surface area contributed by atoms with Gasteiger partial charge in [0.2, 0.25) is 5.95 Å². The van der Waals surface area contributed by atoms with Crippen molar-refractivity contribution in [1.82, 2.24) is 24.6 Å². The Labute approximate surface area is 164 Å². The van der Waals surface area contributed by atoms with Crippen molar-refractivity contribution in [3.8, 4) is 0 Å². The lowest BCUT2D eigenvalue weighted by molar-refractivity contribution is 0.0621. The molecule has 1 saturated heterocycles. The number of rotatable bonds is 3. The summed E-state index contributed by atoms with van der Waals surface area (Å²) in [5.41, 5.74) is 2.89. The number of aromatic amines is 1. The lowest BCUT2D eigenvalue weighted by Crippen LogP contribution is -2.48. The largest absolute Gasteiger partial charge is 0.348 e. The van der Waals surface area contributed by atoms with Crippen molar-refractivity contribution in [3.63, 3.8) is 0 Å². The van der Waals surface area contributed by atoms with E-state index in [-0.39, 0.29) is 16.9 Å². The highest BCUT2D eigenvalue weighted by molar-refractivity contribution is 5.93. The van der Waals surface area contributed by atoms with Crippen LogP contribution in [-0.4, -0.2) is 57.7 Å². The molecule has 1 unspecified atom stereocenters. The van der Waals surface area contributed by atoms with Gasteiger partial charge in [-0.05, 0) is 45.6 Å². The summed E-state index contributed by atoms with van der Waals surface area (Å²) >= 11 is 0. The zero-order valence-corrected chi connectivity index (χ0v) is 17.1. The molecule has 1 aliphatic heterocycles. The van der Waals surface area contributed by atoms with E-state index in [1.54, 1.807) is 4.68 Å². The van der Waals surface area contributed by atoms with Gasteiger partial charge in [0.25, 0.3) is 11.5 Å². The number of hydrogen-bond acceptors (Lipinski definition) is 5. The molecule has 28 heavy (non-hydrogen) atoms. The second-order valence-electron chi connectivity index (χ2n) is 8.21. The summed E-state index contributed by atoms with van der Waals surface area (Å²) < 4.78 is 1.77. The van der Waals surface area contributed by atoms with Gasteiger partial charge in [-0.15, -0.1) is 0 Å². The van der Waals surface area contributed by atoms with Crippen molar-refractivity contribution in [3.05, 3.63) is 39.1 Å². The number of fused-ring (bicyclic) bond motifs is 2. The number of anilines is 1. The molecule has 1 aliphatic carbocycles. The maximum Gasteiger partial charge on any atom is 0.272 e. The van der Waals surface area contributed by atoms with Crippen molar-refractivity contribution in [2.75, 3.05) is 32.1 Å². The van der Waals surface area contributed by atoms with Gasteiger partial charge in [0.15, 0.2) is 0 Å². The smallest absolute Gasteiger partial charge is 0.272 e. The highest BCUT2D eigenvalue weighted by Crippen LogP contribution is 2.43. The molecule has 1 atom stereocenters. The minimum atomic E-state index is -0.228. The van der Waals surface area contributed by atoms with E-state index in [9.17, 15) is 9.59 Å². The number of likely N-dealkylation sites (tertiary alicyclic amines) is 1. The van der Waals surface area contributed by atoms with Gasteiger partial charge in [-0.2, -0.15) is 5.10 Å². The van der Waals surface area contributed by atoms with Crippen molar-refractivity contribution < 1.29 is 4.79 Å². The number of carbonyl (C=O) groups is 1. The minimum Gasteiger partial charge on any atom is -0.348 e. The van der Waals surface area contributed by atoms with Crippen molar-refractivity contribution in [2.45, 2.75) is 51.5 Å². The van der Waals surface area contributed by atoms with Crippen molar-refractivity contribution >= 4 is 11.9 Å². The van der Waals surface area contributed by atoms with Crippen LogP contribution in [0.25, 0.3) is 0 Å². The lowest BCUT2D eigenvalue weighted by Gasteiger charge is -2.40. The molecule has 4 rings (SSSR count). The Morgan fingerprint density at radius 3 is 2.86 bits per heavy atom. The molecular formula is C20H28N6O2. The fourth-order valence-electron chi connectivity index (χ4n) is 4.67. The van der Waals surface area contributed by atoms with E-state index in [0.29, 0.717) is 24.7 Å². The second-order valence-corrected chi connectivity index (χ2v) is 8.21. The number of H-pyrrole nitrogens is 1. The van der Waals surface area contributed by atoms with Crippen molar-refractivity contribution in [1.29, 1.82) is 0 Å². The van der Waals surface area contributed by atoms with Gasteiger partial charge < -0.3 is 9.80 Å².